The van der Waals surface area contributed by atoms with Gasteiger partial charge in [-0.1, -0.05) is 50.2 Å². The van der Waals surface area contributed by atoms with Crippen molar-refractivity contribution in [2.24, 2.45) is 0 Å². The summed E-state index contributed by atoms with van der Waals surface area (Å²) in [5.41, 5.74) is 5.92. The molecule has 10 heteroatoms. The van der Waals surface area contributed by atoms with E-state index >= 15 is 0 Å². The highest BCUT2D eigenvalue weighted by Crippen LogP contribution is 2.39. The average Bonchev–Trinajstić information content (AvgIpc) is 3.63. The molecule has 3 heterocycles. The van der Waals surface area contributed by atoms with Gasteiger partial charge < -0.3 is 10.2 Å². The lowest BCUT2D eigenvalue weighted by Gasteiger charge is -2.15. The van der Waals surface area contributed by atoms with Crippen molar-refractivity contribution in [2.75, 3.05) is 16.8 Å². The average molecular weight is 610 g/mol. The molecule has 0 fully saturated rings. The second-order valence-electron chi connectivity index (χ2n) is 10.8. The molecule has 0 aliphatic carbocycles. The number of hydrogen-bond donors (Lipinski definition) is 1. The highest BCUT2D eigenvalue weighted by Gasteiger charge is 2.23. The number of carbonyl (C=O) groups excluding carboxylic acids is 1. The maximum absolute atomic E-state index is 13.1. The molecule has 2 aromatic heterocycles. The first kappa shape index (κ1) is 28.7. The van der Waals surface area contributed by atoms with Gasteiger partial charge in [0.1, 0.15) is 0 Å². The van der Waals surface area contributed by atoms with Gasteiger partial charge in [-0.3, -0.25) is 4.79 Å². The Morgan fingerprint density at radius 2 is 1.81 bits per heavy atom. The Morgan fingerprint density at radius 1 is 1.00 bits per heavy atom. The number of fused-ring (bicyclic) bond motifs is 1. The lowest BCUT2D eigenvalue weighted by atomic mass is 10.1. The lowest BCUT2D eigenvalue weighted by Crippen LogP contribution is -2.25. The standard InChI is InChI=1S/C33H31N5O3S2/c1-21(2)32-37-30(25-9-7-8-23(18-25)20-43(40,41)27-10-5-4-6-11-27)31(42-32)28-14-16-34-33(36-28)35-26-12-13-29-24(19-26)15-17-38(29)22(3)39/h4-14,16,18-19,21H,15,17,20H2,1-3H3,(H,34,35,36). The van der Waals surface area contributed by atoms with Gasteiger partial charge in [0, 0.05) is 42.5 Å². The number of rotatable bonds is 8. The Labute approximate surface area is 255 Å². The van der Waals surface area contributed by atoms with Crippen molar-refractivity contribution >= 4 is 44.4 Å². The molecule has 6 rings (SSSR count). The van der Waals surface area contributed by atoms with Crippen LogP contribution >= 0.6 is 11.3 Å². The highest BCUT2D eigenvalue weighted by molar-refractivity contribution is 7.90. The fourth-order valence-electron chi connectivity index (χ4n) is 5.17. The summed E-state index contributed by atoms with van der Waals surface area (Å²) >= 11 is 1.58. The third-order valence-electron chi connectivity index (χ3n) is 7.30. The van der Waals surface area contributed by atoms with Crippen molar-refractivity contribution in [3.63, 3.8) is 0 Å². The number of aromatic nitrogens is 3. The topological polar surface area (TPSA) is 105 Å². The molecular formula is C33H31N5O3S2. The highest BCUT2D eigenvalue weighted by atomic mass is 32.2. The fourth-order valence-corrected chi connectivity index (χ4v) is 7.59. The second-order valence-corrected chi connectivity index (χ2v) is 13.8. The first-order chi connectivity index (χ1) is 20.7. The van der Waals surface area contributed by atoms with E-state index in [0.717, 1.165) is 50.2 Å². The molecule has 1 aliphatic heterocycles. The minimum atomic E-state index is -3.50. The summed E-state index contributed by atoms with van der Waals surface area (Å²) in [7, 11) is -3.50. The molecule has 1 aliphatic rings. The molecule has 1 amide bonds. The minimum Gasteiger partial charge on any atom is -0.324 e. The molecule has 5 aromatic rings. The molecule has 0 saturated heterocycles. The van der Waals surface area contributed by atoms with E-state index in [0.29, 0.717) is 23.0 Å². The van der Waals surface area contributed by atoms with Gasteiger partial charge >= 0.3 is 0 Å². The molecular weight excluding hydrogens is 579 g/mol. The van der Waals surface area contributed by atoms with Crippen LogP contribution in [-0.2, 0) is 26.8 Å². The molecule has 3 aromatic carbocycles. The van der Waals surface area contributed by atoms with Crippen molar-refractivity contribution in [3.05, 3.63) is 101 Å². The summed E-state index contributed by atoms with van der Waals surface area (Å²) in [4.78, 5) is 29.2. The van der Waals surface area contributed by atoms with Crippen LogP contribution in [0.1, 0.15) is 42.8 Å². The zero-order chi connectivity index (χ0) is 30.1. The predicted octanol–water partition coefficient (Wildman–Crippen LogP) is 7.02. The maximum Gasteiger partial charge on any atom is 0.227 e. The van der Waals surface area contributed by atoms with Crippen LogP contribution in [-0.4, -0.2) is 35.8 Å². The molecule has 0 unspecified atom stereocenters. The van der Waals surface area contributed by atoms with E-state index in [4.69, 9.17) is 9.97 Å². The van der Waals surface area contributed by atoms with Crippen LogP contribution in [0.3, 0.4) is 0 Å². The van der Waals surface area contributed by atoms with Gasteiger partial charge in [0.05, 0.1) is 31.9 Å². The van der Waals surface area contributed by atoms with Crippen molar-refractivity contribution in [1.29, 1.82) is 0 Å². The minimum absolute atomic E-state index is 0.0416. The van der Waals surface area contributed by atoms with E-state index in [2.05, 4.69) is 24.1 Å². The molecule has 0 radical (unpaired) electrons. The van der Waals surface area contributed by atoms with Crippen LogP contribution in [0.15, 0.2) is 90.0 Å². The maximum atomic E-state index is 13.1. The van der Waals surface area contributed by atoms with E-state index in [9.17, 15) is 13.2 Å². The molecule has 1 N–H and O–H groups in total. The Hall–Kier alpha value is -4.41. The molecule has 0 saturated carbocycles. The molecule has 43 heavy (non-hydrogen) atoms. The van der Waals surface area contributed by atoms with E-state index in [-0.39, 0.29) is 17.6 Å². The van der Waals surface area contributed by atoms with Crippen molar-refractivity contribution in [1.82, 2.24) is 15.0 Å². The normalized spacial score (nSPS) is 12.9. The van der Waals surface area contributed by atoms with E-state index in [1.807, 2.05) is 48.5 Å². The summed E-state index contributed by atoms with van der Waals surface area (Å²) in [6.07, 6.45) is 2.52. The van der Waals surface area contributed by atoms with Gasteiger partial charge in [0.2, 0.25) is 11.9 Å². The number of sulfone groups is 1. The second kappa shape index (κ2) is 11.7. The number of amides is 1. The molecule has 0 bridgehead atoms. The van der Waals surface area contributed by atoms with Crippen LogP contribution in [0.25, 0.3) is 21.8 Å². The van der Waals surface area contributed by atoms with Crippen LogP contribution in [0.4, 0.5) is 17.3 Å². The van der Waals surface area contributed by atoms with Crippen molar-refractivity contribution < 1.29 is 13.2 Å². The van der Waals surface area contributed by atoms with Gasteiger partial charge in [-0.2, -0.15) is 0 Å². The fraction of sp³-hybridized carbons (Fsp3) is 0.212. The van der Waals surface area contributed by atoms with Gasteiger partial charge in [0.15, 0.2) is 9.84 Å². The summed E-state index contributed by atoms with van der Waals surface area (Å²) in [5.74, 6) is 0.597. The smallest absolute Gasteiger partial charge is 0.227 e. The van der Waals surface area contributed by atoms with Gasteiger partial charge in [-0.25, -0.2) is 23.4 Å². The van der Waals surface area contributed by atoms with E-state index in [1.165, 1.54) is 0 Å². The van der Waals surface area contributed by atoms with Crippen LogP contribution in [0.2, 0.25) is 0 Å². The number of thiazole rings is 1. The van der Waals surface area contributed by atoms with Gasteiger partial charge in [0.25, 0.3) is 0 Å². The number of nitrogens with one attached hydrogen (secondary N) is 1. The van der Waals surface area contributed by atoms with E-state index in [1.54, 1.807) is 59.7 Å². The molecule has 0 atom stereocenters. The third-order valence-corrected chi connectivity index (χ3v) is 10.4. The first-order valence-corrected chi connectivity index (χ1v) is 16.5. The summed E-state index contributed by atoms with van der Waals surface area (Å²) in [6.45, 7) is 6.47. The van der Waals surface area contributed by atoms with Crippen LogP contribution < -0.4 is 10.2 Å². The van der Waals surface area contributed by atoms with E-state index < -0.39 is 9.84 Å². The largest absolute Gasteiger partial charge is 0.324 e. The quantitative estimate of drug-likeness (QED) is 0.202. The Morgan fingerprint density at radius 3 is 2.58 bits per heavy atom. The lowest BCUT2D eigenvalue weighted by molar-refractivity contribution is -0.116. The molecule has 218 valence electrons. The molecule has 8 nitrogen and oxygen atoms in total. The predicted molar refractivity (Wildman–Crippen MR) is 171 cm³/mol. The summed E-state index contributed by atoms with van der Waals surface area (Å²) in [6, 6.07) is 23.9. The summed E-state index contributed by atoms with van der Waals surface area (Å²) < 4.78 is 26.1. The number of benzene rings is 3. The zero-order valence-electron chi connectivity index (χ0n) is 24.1. The van der Waals surface area contributed by atoms with Crippen LogP contribution in [0, 0.1) is 0 Å². The number of nitrogens with zero attached hydrogens (tertiary/aromatic N) is 4. The SMILES string of the molecule is CC(=O)N1CCc2cc(Nc3nccc(-c4sc(C(C)C)nc4-c4cccc(CS(=O)(=O)c5ccccc5)c4)n3)ccc21. The Balaban J connectivity index is 1.31. The van der Waals surface area contributed by atoms with Crippen molar-refractivity contribution in [3.8, 4) is 21.8 Å². The van der Waals surface area contributed by atoms with Gasteiger partial charge in [-0.05, 0) is 60.0 Å². The van der Waals surface area contributed by atoms with Crippen LogP contribution in [0.5, 0.6) is 0 Å². The summed E-state index contributed by atoms with van der Waals surface area (Å²) in [5, 5.41) is 4.29. The number of anilines is 3. The monoisotopic (exact) mass is 609 g/mol. The number of carbonyl (C=O) groups is 1. The Kier molecular flexibility index (Phi) is 7.81. The van der Waals surface area contributed by atoms with Crippen molar-refractivity contribution in [2.45, 2.75) is 43.8 Å². The zero-order valence-corrected chi connectivity index (χ0v) is 25.7. The Bertz CT molecular complexity index is 1920. The molecule has 0 spiro atoms. The third kappa shape index (κ3) is 6.07. The van der Waals surface area contributed by atoms with Gasteiger partial charge in [-0.15, -0.1) is 11.3 Å². The first-order valence-electron chi connectivity index (χ1n) is 14.1. The number of hydrogen-bond acceptors (Lipinski definition) is 8.